The minimum Gasteiger partial charge on any atom is -0.479 e. The van der Waals surface area contributed by atoms with Crippen LogP contribution in [0.2, 0.25) is 5.02 Å². The second-order valence-electron chi connectivity index (χ2n) is 5.71. The fourth-order valence-corrected chi connectivity index (χ4v) is 2.91. The van der Waals surface area contributed by atoms with E-state index in [-0.39, 0.29) is 12.3 Å². The molecule has 3 rings (SSSR count). The molecule has 2 N–H and O–H groups in total. The molecule has 0 unspecified atom stereocenters. The maximum atomic E-state index is 12.2. The lowest BCUT2D eigenvalue weighted by atomic mass is 10.1. The van der Waals surface area contributed by atoms with Gasteiger partial charge in [-0.05, 0) is 29.1 Å². The van der Waals surface area contributed by atoms with E-state index in [1.807, 2.05) is 35.0 Å². The molecule has 3 aromatic rings. The van der Waals surface area contributed by atoms with Gasteiger partial charge in [0.25, 0.3) is 0 Å². The number of rotatable bonds is 6. The summed E-state index contributed by atoms with van der Waals surface area (Å²) in [6.45, 7) is 0.441. The number of hydrogen-bond acceptors (Lipinski definition) is 2. The number of halogens is 1. The van der Waals surface area contributed by atoms with Crippen molar-refractivity contribution in [1.82, 2.24) is 9.88 Å². The molecule has 1 aromatic heterocycles. The van der Waals surface area contributed by atoms with E-state index in [1.165, 1.54) is 0 Å². The number of nitrogens with one attached hydrogen (secondary N) is 1. The Morgan fingerprint density at radius 3 is 2.60 bits per heavy atom. The lowest BCUT2D eigenvalue weighted by Crippen LogP contribution is -2.34. The van der Waals surface area contributed by atoms with E-state index in [1.54, 1.807) is 30.3 Å². The standard InChI is InChI=1S/C19H17ClN2O3/c20-15-7-6-13-8-10-22(16(13)12-15)11-9-17(23)21-18(19(24)25)14-4-2-1-3-5-14/h1-8,10,12,18H,9,11H2,(H,21,23)(H,24,25)/t18-/m1/s1. The number of aromatic nitrogens is 1. The van der Waals surface area contributed by atoms with Crippen LogP contribution in [0, 0.1) is 0 Å². The summed E-state index contributed by atoms with van der Waals surface area (Å²) >= 11 is 6.02. The predicted molar refractivity (Wildman–Crippen MR) is 96.5 cm³/mol. The maximum Gasteiger partial charge on any atom is 0.330 e. The third kappa shape index (κ3) is 4.00. The number of hydrogen-bond donors (Lipinski definition) is 2. The van der Waals surface area contributed by atoms with E-state index in [0.717, 1.165) is 10.9 Å². The van der Waals surface area contributed by atoms with Gasteiger partial charge in [0, 0.05) is 29.7 Å². The van der Waals surface area contributed by atoms with E-state index in [0.29, 0.717) is 17.1 Å². The molecule has 128 valence electrons. The third-order valence-corrected chi connectivity index (χ3v) is 4.24. The van der Waals surface area contributed by atoms with Crippen molar-refractivity contribution in [3.05, 3.63) is 71.4 Å². The quantitative estimate of drug-likeness (QED) is 0.708. The summed E-state index contributed by atoms with van der Waals surface area (Å²) in [7, 11) is 0. The highest BCUT2D eigenvalue weighted by Crippen LogP contribution is 2.21. The highest BCUT2D eigenvalue weighted by Gasteiger charge is 2.21. The molecule has 0 aliphatic rings. The molecule has 0 spiro atoms. The van der Waals surface area contributed by atoms with Crippen LogP contribution < -0.4 is 5.32 Å². The third-order valence-electron chi connectivity index (χ3n) is 4.00. The number of carboxylic acid groups (broad SMARTS) is 1. The van der Waals surface area contributed by atoms with Gasteiger partial charge >= 0.3 is 5.97 Å². The number of carboxylic acids is 1. The van der Waals surface area contributed by atoms with E-state index < -0.39 is 12.0 Å². The normalized spacial score (nSPS) is 12.0. The monoisotopic (exact) mass is 356 g/mol. The topological polar surface area (TPSA) is 71.3 Å². The number of carbonyl (C=O) groups excluding carboxylic acids is 1. The second-order valence-corrected chi connectivity index (χ2v) is 6.15. The molecule has 0 saturated carbocycles. The van der Waals surface area contributed by atoms with Gasteiger partial charge in [-0.3, -0.25) is 4.79 Å². The number of carbonyl (C=O) groups is 2. The Hall–Kier alpha value is -2.79. The minimum absolute atomic E-state index is 0.174. The van der Waals surface area contributed by atoms with Crippen LogP contribution in [-0.2, 0) is 16.1 Å². The first kappa shape index (κ1) is 17.0. The largest absolute Gasteiger partial charge is 0.479 e. The number of nitrogens with zero attached hydrogens (tertiary/aromatic N) is 1. The van der Waals surface area contributed by atoms with E-state index in [4.69, 9.17) is 11.6 Å². The minimum atomic E-state index is -1.09. The van der Waals surface area contributed by atoms with Gasteiger partial charge < -0.3 is 15.0 Å². The van der Waals surface area contributed by atoms with Gasteiger partial charge in [0.05, 0.1) is 0 Å². The first-order valence-corrected chi connectivity index (χ1v) is 8.24. The lowest BCUT2D eigenvalue weighted by molar-refractivity contribution is -0.142. The Morgan fingerprint density at radius 2 is 1.88 bits per heavy atom. The molecule has 0 saturated heterocycles. The van der Waals surface area contributed by atoms with Gasteiger partial charge in [0.1, 0.15) is 0 Å². The molecule has 1 amide bonds. The van der Waals surface area contributed by atoms with Crippen LogP contribution in [-0.4, -0.2) is 21.6 Å². The van der Waals surface area contributed by atoms with Crippen molar-refractivity contribution in [2.75, 3.05) is 0 Å². The molecule has 2 aromatic carbocycles. The summed E-state index contributed by atoms with van der Waals surface area (Å²) in [5.74, 6) is -1.40. The summed E-state index contributed by atoms with van der Waals surface area (Å²) in [5, 5.41) is 13.6. The number of amides is 1. The average Bonchev–Trinajstić information content (AvgIpc) is 3.00. The average molecular weight is 357 g/mol. The molecule has 1 atom stereocenters. The van der Waals surface area contributed by atoms with Crippen molar-refractivity contribution >= 4 is 34.4 Å². The molecule has 0 radical (unpaired) electrons. The summed E-state index contributed by atoms with van der Waals surface area (Å²) in [5.41, 5.74) is 1.49. The van der Waals surface area contributed by atoms with Crippen molar-refractivity contribution in [3.63, 3.8) is 0 Å². The van der Waals surface area contributed by atoms with Crippen molar-refractivity contribution in [1.29, 1.82) is 0 Å². The Balaban J connectivity index is 1.67. The first-order chi connectivity index (χ1) is 12.0. The zero-order chi connectivity index (χ0) is 17.8. The smallest absolute Gasteiger partial charge is 0.330 e. The first-order valence-electron chi connectivity index (χ1n) is 7.86. The highest BCUT2D eigenvalue weighted by molar-refractivity contribution is 6.31. The number of aryl methyl sites for hydroxylation is 1. The van der Waals surface area contributed by atoms with Gasteiger partial charge in [0.15, 0.2) is 6.04 Å². The van der Waals surface area contributed by atoms with Gasteiger partial charge in [-0.15, -0.1) is 0 Å². The fourth-order valence-electron chi connectivity index (χ4n) is 2.74. The van der Waals surface area contributed by atoms with Crippen LogP contribution in [0.4, 0.5) is 0 Å². The van der Waals surface area contributed by atoms with Crippen molar-refractivity contribution in [2.24, 2.45) is 0 Å². The van der Waals surface area contributed by atoms with Crippen LogP contribution in [0.1, 0.15) is 18.0 Å². The summed E-state index contributed by atoms with van der Waals surface area (Å²) in [6.07, 6.45) is 2.06. The predicted octanol–water partition coefficient (Wildman–Crippen LogP) is 3.63. The van der Waals surface area contributed by atoms with Crippen LogP contribution >= 0.6 is 11.6 Å². The number of aliphatic carboxylic acids is 1. The Labute approximate surface area is 149 Å². The number of fused-ring (bicyclic) bond motifs is 1. The van der Waals surface area contributed by atoms with E-state index in [9.17, 15) is 14.7 Å². The molecule has 0 aliphatic heterocycles. The SMILES string of the molecule is O=C(CCn1ccc2ccc(Cl)cc21)N[C@@H](C(=O)O)c1ccccc1. The molecule has 6 heteroatoms. The van der Waals surface area contributed by atoms with Gasteiger partial charge in [-0.1, -0.05) is 48.0 Å². The molecular formula is C19H17ClN2O3. The number of benzene rings is 2. The summed E-state index contributed by atoms with van der Waals surface area (Å²) < 4.78 is 1.93. The summed E-state index contributed by atoms with van der Waals surface area (Å²) in [6, 6.07) is 15.1. The maximum absolute atomic E-state index is 12.2. The molecule has 0 fully saturated rings. The molecule has 0 bridgehead atoms. The van der Waals surface area contributed by atoms with Crippen LogP contribution in [0.5, 0.6) is 0 Å². The molecule has 0 aliphatic carbocycles. The zero-order valence-electron chi connectivity index (χ0n) is 13.4. The molecule has 25 heavy (non-hydrogen) atoms. The Bertz CT molecular complexity index is 905. The van der Waals surface area contributed by atoms with Crippen LogP contribution in [0.3, 0.4) is 0 Å². The van der Waals surface area contributed by atoms with Crippen molar-refractivity contribution in [3.8, 4) is 0 Å². The van der Waals surface area contributed by atoms with Gasteiger partial charge in [-0.2, -0.15) is 0 Å². The van der Waals surface area contributed by atoms with Gasteiger partial charge in [0.2, 0.25) is 5.91 Å². The second kappa shape index (κ2) is 7.40. The Morgan fingerprint density at radius 1 is 1.12 bits per heavy atom. The van der Waals surface area contributed by atoms with Crippen LogP contribution in [0.25, 0.3) is 10.9 Å². The Kier molecular flexibility index (Phi) is 5.05. The molecule has 5 nitrogen and oxygen atoms in total. The van der Waals surface area contributed by atoms with Crippen LogP contribution in [0.15, 0.2) is 60.8 Å². The van der Waals surface area contributed by atoms with Crippen molar-refractivity contribution < 1.29 is 14.7 Å². The highest BCUT2D eigenvalue weighted by atomic mass is 35.5. The van der Waals surface area contributed by atoms with Gasteiger partial charge in [-0.25, -0.2) is 4.79 Å². The van der Waals surface area contributed by atoms with E-state index >= 15 is 0 Å². The zero-order valence-corrected chi connectivity index (χ0v) is 14.1. The fraction of sp³-hybridized carbons (Fsp3) is 0.158. The lowest BCUT2D eigenvalue weighted by Gasteiger charge is -2.15. The molecular weight excluding hydrogens is 340 g/mol. The van der Waals surface area contributed by atoms with E-state index in [2.05, 4.69) is 5.32 Å². The van der Waals surface area contributed by atoms with Crippen molar-refractivity contribution in [2.45, 2.75) is 19.0 Å². The molecule has 1 heterocycles. The summed E-state index contributed by atoms with van der Waals surface area (Å²) in [4.78, 5) is 23.7.